The summed E-state index contributed by atoms with van der Waals surface area (Å²) in [6.45, 7) is 8.61. The maximum Gasteiger partial charge on any atom is 0.239 e. The van der Waals surface area contributed by atoms with Crippen LogP contribution in [0.1, 0.15) is 39.5 Å². The first-order valence-corrected chi connectivity index (χ1v) is 7.93. The van der Waals surface area contributed by atoms with E-state index in [1.54, 1.807) is 0 Å². The lowest BCUT2D eigenvalue weighted by Crippen LogP contribution is -2.55. The molecule has 0 aromatic rings. The SMILES string of the molecule is CC(C)(O)CN1CCN(C(=O)C2CCCCCN2)CC1. The first-order valence-electron chi connectivity index (χ1n) is 7.93. The van der Waals surface area contributed by atoms with Crippen molar-refractivity contribution < 1.29 is 9.90 Å². The second kappa shape index (κ2) is 6.87. The van der Waals surface area contributed by atoms with Crippen LogP contribution >= 0.6 is 0 Å². The van der Waals surface area contributed by atoms with Crippen molar-refractivity contribution in [2.24, 2.45) is 0 Å². The van der Waals surface area contributed by atoms with Gasteiger partial charge in [0.15, 0.2) is 0 Å². The Labute approximate surface area is 122 Å². The summed E-state index contributed by atoms with van der Waals surface area (Å²) >= 11 is 0. The number of rotatable bonds is 3. The van der Waals surface area contributed by atoms with Crippen molar-refractivity contribution in [2.45, 2.75) is 51.2 Å². The molecule has 116 valence electrons. The highest BCUT2D eigenvalue weighted by molar-refractivity contribution is 5.82. The highest BCUT2D eigenvalue weighted by atomic mass is 16.3. The fourth-order valence-corrected chi connectivity index (χ4v) is 3.13. The van der Waals surface area contributed by atoms with E-state index in [0.717, 1.165) is 45.6 Å². The molecule has 0 aliphatic carbocycles. The summed E-state index contributed by atoms with van der Waals surface area (Å²) in [5.74, 6) is 0.273. The molecule has 1 unspecified atom stereocenters. The molecule has 0 bridgehead atoms. The van der Waals surface area contributed by atoms with Gasteiger partial charge in [-0.05, 0) is 33.2 Å². The molecule has 0 aromatic heterocycles. The quantitative estimate of drug-likeness (QED) is 0.789. The number of carbonyl (C=O) groups is 1. The summed E-state index contributed by atoms with van der Waals surface area (Å²) in [6, 6.07) is 0.0262. The van der Waals surface area contributed by atoms with E-state index in [0.29, 0.717) is 6.54 Å². The Kier molecular flexibility index (Phi) is 5.41. The van der Waals surface area contributed by atoms with Crippen molar-refractivity contribution >= 4 is 5.91 Å². The molecular formula is C15H29N3O2. The Morgan fingerprint density at radius 2 is 1.90 bits per heavy atom. The van der Waals surface area contributed by atoms with E-state index in [1.165, 1.54) is 12.8 Å². The minimum Gasteiger partial charge on any atom is -0.389 e. The molecule has 1 amide bonds. The first-order chi connectivity index (χ1) is 9.46. The number of hydrogen-bond acceptors (Lipinski definition) is 4. The van der Waals surface area contributed by atoms with Crippen molar-refractivity contribution in [3.63, 3.8) is 0 Å². The van der Waals surface area contributed by atoms with Crippen LogP contribution in [-0.4, -0.2) is 71.7 Å². The lowest BCUT2D eigenvalue weighted by Gasteiger charge is -2.38. The third kappa shape index (κ3) is 4.72. The molecule has 2 fully saturated rings. The van der Waals surface area contributed by atoms with Gasteiger partial charge in [-0.15, -0.1) is 0 Å². The van der Waals surface area contributed by atoms with Crippen LogP contribution in [0.4, 0.5) is 0 Å². The van der Waals surface area contributed by atoms with Crippen LogP contribution in [0.3, 0.4) is 0 Å². The summed E-state index contributed by atoms with van der Waals surface area (Å²) in [5.41, 5.74) is -0.658. The topological polar surface area (TPSA) is 55.8 Å². The summed E-state index contributed by atoms with van der Waals surface area (Å²) in [5, 5.41) is 13.2. The molecule has 2 aliphatic rings. The number of amides is 1. The predicted molar refractivity (Wildman–Crippen MR) is 79.6 cm³/mol. The van der Waals surface area contributed by atoms with Gasteiger partial charge in [0.25, 0.3) is 0 Å². The number of carbonyl (C=O) groups excluding carboxylic acids is 1. The van der Waals surface area contributed by atoms with Crippen LogP contribution in [-0.2, 0) is 4.79 Å². The van der Waals surface area contributed by atoms with E-state index < -0.39 is 5.60 Å². The van der Waals surface area contributed by atoms with Gasteiger partial charge in [-0.3, -0.25) is 9.69 Å². The van der Waals surface area contributed by atoms with E-state index in [-0.39, 0.29) is 11.9 Å². The molecular weight excluding hydrogens is 254 g/mol. The standard InChI is InChI=1S/C15H29N3O2/c1-15(2,20)12-17-8-10-18(11-9-17)14(19)13-6-4-3-5-7-16-13/h13,16,20H,3-12H2,1-2H3. The summed E-state index contributed by atoms with van der Waals surface area (Å²) in [7, 11) is 0. The maximum atomic E-state index is 12.5. The molecule has 1 atom stereocenters. The van der Waals surface area contributed by atoms with Crippen molar-refractivity contribution in [3.05, 3.63) is 0 Å². The third-order valence-electron chi connectivity index (χ3n) is 4.15. The second-order valence-electron chi connectivity index (χ2n) is 6.77. The van der Waals surface area contributed by atoms with E-state index in [2.05, 4.69) is 10.2 Å². The number of nitrogens with zero attached hydrogens (tertiary/aromatic N) is 2. The van der Waals surface area contributed by atoms with Gasteiger partial charge in [0.2, 0.25) is 5.91 Å². The average molecular weight is 283 g/mol. The molecule has 2 N–H and O–H groups in total. The largest absolute Gasteiger partial charge is 0.389 e. The zero-order valence-electron chi connectivity index (χ0n) is 12.9. The smallest absolute Gasteiger partial charge is 0.239 e. The van der Waals surface area contributed by atoms with Gasteiger partial charge in [-0.1, -0.05) is 12.8 Å². The molecule has 5 nitrogen and oxygen atoms in total. The van der Waals surface area contributed by atoms with E-state index in [4.69, 9.17) is 0 Å². The van der Waals surface area contributed by atoms with Crippen LogP contribution in [0, 0.1) is 0 Å². The van der Waals surface area contributed by atoms with Gasteiger partial charge in [0.1, 0.15) is 0 Å². The van der Waals surface area contributed by atoms with Crippen LogP contribution in [0.5, 0.6) is 0 Å². The van der Waals surface area contributed by atoms with Gasteiger partial charge < -0.3 is 15.3 Å². The average Bonchev–Trinajstić information content (AvgIpc) is 2.66. The Hall–Kier alpha value is -0.650. The molecule has 2 heterocycles. The monoisotopic (exact) mass is 283 g/mol. The second-order valence-corrected chi connectivity index (χ2v) is 6.77. The van der Waals surface area contributed by atoms with Crippen molar-refractivity contribution in [3.8, 4) is 0 Å². The van der Waals surface area contributed by atoms with E-state index in [9.17, 15) is 9.90 Å². The Bertz CT molecular complexity index is 312. The van der Waals surface area contributed by atoms with Gasteiger partial charge in [-0.25, -0.2) is 0 Å². The number of piperazine rings is 1. The van der Waals surface area contributed by atoms with Crippen LogP contribution < -0.4 is 5.32 Å². The molecule has 20 heavy (non-hydrogen) atoms. The normalized spacial score (nSPS) is 26.4. The van der Waals surface area contributed by atoms with Gasteiger partial charge >= 0.3 is 0 Å². The summed E-state index contributed by atoms with van der Waals surface area (Å²) in [6.07, 6.45) is 4.55. The third-order valence-corrected chi connectivity index (χ3v) is 4.15. The van der Waals surface area contributed by atoms with Gasteiger partial charge in [0, 0.05) is 32.7 Å². The van der Waals surface area contributed by atoms with Crippen molar-refractivity contribution in [1.82, 2.24) is 15.1 Å². The molecule has 2 aliphatic heterocycles. The fraction of sp³-hybridized carbons (Fsp3) is 0.933. The molecule has 0 aromatic carbocycles. The molecule has 5 heteroatoms. The highest BCUT2D eigenvalue weighted by Crippen LogP contribution is 2.13. The van der Waals surface area contributed by atoms with Gasteiger partial charge in [-0.2, -0.15) is 0 Å². The lowest BCUT2D eigenvalue weighted by atomic mass is 10.1. The molecule has 0 radical (unpaired) electrons. The molecule has 0 saturated carbocycles. The number of aliphatic hydroxyl groups is 1. The zero-order chi connectivity index (χ0) is 14.6. The first kappa shape index (κ1) is 15.7. The molecule has 2 rings (SSSR count). The summed E-state index contributed by atoms with van der Waals surface area (Å²) < 4.78 is 0. The Morgan fingerprint density at radius 1 is 1.20 bits per heavy atom. The van der Waals surface area contributed by atoms with E-state index in [1.807, 2.05) is 18.7 Å². The van der Waals surface area contributed by atoms with E-state index >= 15 is 0 Å². The maximum absolute atomic E-state index is 12.5. The summed E-state index contributed by atoms with van der Waals surface area (Å²) in [4.78, 5) is 16.7. The molecule has 2 saturated heterocycles. The van der Waals surface area contributed by atoms with Crippen LogP contribution in [0.15, 0.2) is 0 Å². The fourth-order valence-electron chi connectivity index (χ4n) is 3.13. The minimum atomic E-state index is -0.658. The van der Waals surface area contributed by atoms with Gasteiger partial charge in [0.05, 0.1) is 11.6 Å². The van der Waals surface area contributed by atoms with Crippen LogP contribution in [0.25, 0.3) is 0 Å². The number of nitrogens with one attached hydrogen (secondary N) is 1. The Balaban J connectivity index is 1.79. The van der Waals surface area contributed by atoms with Crippen molar-refractivity contribution in [1.29, 1.82) is 0 Å². The minimum absolute atomic E-state index is 0.0262. The number of β-amino-alcohol motifs (C(OH)–C–C–N with tert-alkyl or cyclic N) is 1. The van der Waals surface area contributed by atoms with Crippen LogP contribution in [0.2, 0.25) is 0 Å². The zero-order valence-corrected chi connectivity index (χ0v) is 12.9. The lowest BCUT2D eigenvalue weighted by molar-refractivity contribution is -0.135. The highest BCUT2D eigenvalue weighted by Gasteiger charge is 2.29. The van der Waals surface area contributed by atoms with Crippen molar-refractivity contribution in [2.75, 3.05) is 39.3 Å². The number of hydrogen-bond donors (Lipinski definition) is 2. The molecule has 0 spiro atoms. The predicted octanol–water partition coefficient (Wildman–Crippen LogP) is 0.434. The Morgan fingerprint density at radius 3 is 2.55 bits per heavy atom.